The third-order valence-corrected chi connectivity index (χ3v) is 3.65. The van der Waals surface area contributed by atoms with Gasteiger partial charge in [0.15, 0.2) is 0 Å². The molecule has 0 heterocycles. The third kappa shape index (κ3) is 9.76. The fraction of sp³-hybridized carbons (Fsp3) is 0.600. The van der Waals surface area contributed by atoms with Crippen LogP contribution >= 0.6 is 0 Å². The van der Waals surface area contributed by atoms with Crippen molar-refractivity contribution >= 4 is 35.6 Å². The molecule has 0 saturated heterocycles. The fourth-order valence-corrected chi connectivity index (χ4v) is 2.04. The van der Waals surface area contributed by atoms with E-state index < -0.39 is 92.2 Å². The van der Waals surface area contributed by atoms with Gasteiger partial charge in [0.2, 0.25) is 23.6 Å². The van der Waals surface area contributed by atoms with Crippen molar-refractivity contribution in [3.8, 4) is 0 Å². The summed E-state index contributed by atoms with van der Waals surface area (Å²) in [5.74, 6) is -7.11. The summed E-state index contributed by atoms with van der Waals surface area (Å²) in [4.78, 5) is 69.1. The summed E-state index contributed by atoms with van der Waals surface area (Å²) in [5, 5.41) is 41.9. The van der Waals surface area contributed by atoms with E-state index in [9.17, 15) is 33.9 Å². The summed E-state index contributed by atoms with van der Waals surface area (Å²) in [7, 11) is 0. The van der Waals surface area contributed by atoms with Gasteiger partial charge < -0.3 is 47.8 Å². The highest BCUT2D eigenvalue weighted by Gasteiger charge is 2.30. The highest BCUT2D eigenvalue weighted by atomic mass is 16.4. The molecule has 0 fully saturated rings. The minimum absolute atomic E-state index is 0.456. The van der Waals surface area contributed by atoms with Crippen molar-refractivity contribution in [1.82, 2.24) is 16.0 Å². The first-order chi connectivity index (χ1) is 13.9. The molecule has 4 atom stereocenters. The molecular weight excluding hydrogens is 410 g/mol. The second-order valence-corrected chi connectivity index (χ2v) is 6.10. The molecule has 0 bridgehead atoms. The van der Waals surface area contributed by atoms with Gasteiger partial charge in [-0.2, -0.15) is 0 Å². The Bertz CT molecular complexity index is 670. The lowest BCUT2D eigenvalue weighted by Crippen LogP contribution is -2.58. The maximum absolute atomic E-state index is 12.3. The molecule has 4 unspecified atom stereocenters. The number of carboxylic acid groups (broad SMARTS) is 2. The Kier molecular flexibility index (Phi) is 11.6. The van der Waals surface area contributed by atoms with Gasteiger partial charge in [-0.15, -0.1) is 0 Å². The number of carbonyl (C=O) groups excluding carboxylic acids is 4. The molecular formula is C15H25N5O10. The van der Waals surface area contributed by atoms with Crippen molar-refractivity contribution in [1.29, 1.82) is 0 Å². The van der Waals surface area contributed by atoms with Crippen LogP contribution in [0.25, 0.3) is 0 Å². The molecule has 15 heteroatoms. The van der Waals surface area contributed by atoms with E-state index in [1.54, 1.807) is 0 Å². The quantitative estimate of drug-likeness (QED) is 0.124. The van der Waals surface area contributed by atoms with Gasteiger partial charge in [-0.05, 0) is 6.42 Å². The summed E-state index contributed by atoms with van der Waals surface area (Å²) in [5.41, 5.74) is 10.3. The topological polar surface area (TPSA) is 271 Å². The lowest BCUT2D eigenvalue weighted by atomic mass is 10.1. The number of primary amides is 1. The first kappa shape index (κ1) is 26.7. The van der Waals surface area contributed by atoms with E-state index in [0.717, 1.165) is 0 Å². The molecule has 0 aliphatic carbocycles. The Morgan fingerprint density at radius 3 is 1.70 bits per heavy atom. The van der Waals surface area contributed by atoms with Gasteiger partial charge in [0, 0.05) is 6.42 Å². The predicted octanol–water partition coefficient (Wildman–Crippen LogP) is -5.42. The van der Waals surface area contributed by atoms with Gasteiger partial charge in [-0.1, -0.05) is 0 Å². The smallest absolute Gasteiger partial charge is 0.326 e. The van der Waals surface area contributed by atoms with Crippen LogP contribution in [0.1, 0.15) is 19.3 Å². The first-order valence-electron chi connectivity index (χ1n) is 8.54. The van der Waals surface area contributed by atoms with E-state index in [1.807, 2.05) is 16.0 Å². The second-order valence-electron chi connectivity index (χ2n) is 6.10. The maximum Gasteiger partial charge on any atom is 0.326 e. The molecule has 0 aliphatic rings. The van der Waals surface area contributed by atoms with Crippen LogP contribution in [0.3, 0.4) is 0 Å². The molecule has 11 N–H and O–H groups in total. The van der Waals surface area contributed by atoms with Gasteiger partial charge in [0.1, 0.15) is 24.2 Å². The van der Waals surface area contributed by atoms with E-state index in [2.05, 4.69) is 0 Å². The number of hydrogen-bond acceptors (Lipinski definition) is 9. The Labute approximate surface area is 169 Å². The summed E-state index contributed by atoms with van der Waals surface area (Å²) in [6.45, 7) is -1.75. The van der Waals surface area contributed by atoms with Crippen LogP contribution in [-0.2, 0) is 28.8 Å². The van der Waals surface area contributed by atoms with Crippen LogP contribution in [0.4, 0.5) is 0 Å². The van der Waals surface area contributed by atoms with Crippen molar-refractivity contribution in [2.24, 2.45) is 11.5 Å². The molecule has 0 aromatic heterocycles. The highest BCUT2D eigenvalue weighted by molar-refractivity contribution is 5.96. The van der Waals surface area contributed by atoms with Crippen LogP contribution in [-0.4, -0.2) is 93.4 Å². The summed E-state index contributed by atoms with van der Waals surface area (Å²) in [6.07, 6.45) is -1.72. The predicted molar refractivity (Wildman–Crippen MR) is 96.3 cm³/mol. The van der Waals surface area contributed by atoms with Crippen molar-refractivity contribution < 1.29 is 49.2 Å². The maximum atomic E-state index is 12.3. The SMILES string of the molecule is NC(=O)CC(NC(=O)C(N)CO)C(=O)NC(CO)C(=O)NC(CCC(=O)O)C(=O)O. The molecule has 0 rings (SSSR count). The number of carbonyl (C=O) groups is 6. The first-order valence-corrected chi connectivity index (χ1v) is 8.54. The Morgan fingerprint density at radius 2 is 1.27 bits per heavy atom. The molecule has 0 saturated carbocycles. The monoisotopic (exact) mass is 435 g/mol. The van der Waals surface area contributed by atoms with Crippen molar-refractivity contribution in [3.05, 3.63) is 0 Å². The molecule has 4 amide bonds. The summed E-state index contributed by atoms with van der Waals surface area (Å²) in [6, 6.07) is -6.31. The number of nitrogens with two attached hydrogens (primary N) is 2. The van der Waals surface area contributed by atoms with Gasteiger partial charge in [-0.25, -0.2) is 4.79 Å². The number of nitrogens with one attached hydrogen (secondary N) is 3. The van der Waals surface area contributed by atoms with Crippen molar-refractivity contribution in [2.45, 2.75) is 43.4 Å². The van der Waals surface area contributed by atoms with Crippen LogP contribution in [0.5, 0.6) is 0 Å². The van der Waals surface area contributed by atoms with E-state index >= 15 is 0 Å². The molecule has 30 heavy (non-hydrogen) atoms. The average molecular weight is 435 g/mol. The number of aliphatic hydroxyl groups excluding tert-OH is 2. The standard InChI is InChI=1S/C15H25N5O10/c16-6(4-21)12(26)19-8(3-10(17)23)13(27)20-9(5-22)14(28)18-7(15(29)30)1-2-11(24)25/h6-9,21-22H,1-5,16H2,(H2,17,23)(H,18,28)(H,19,26)(H,20,27)(H,24,25)(H,29,30). The number of aliphatic hydroxyl groups is 2. The largest absolute Gasteiger partial charge is 0.481 e. The number of rotatable bonds is 14. The molecule has 0 radical (unpaired) electrons. The zero-order valence-corrected chi connectivity index (χ0v) is 15.7. The number of carboxylic acids is 2. The van der Waals surface area contributed by atoms with Crippen LogP contribution in [0.2, 0.25) is 0 Å². The second kappa shape index (κ2) is 13.0. The minimum atomic E-state index is -1.69. The fourth-order valence-electron chi connectivity index (χ4n) is 2.04. The van der Waals surface area contributed by atoms with Crippen molar-refractivity contribution in [2.75, 3.05) is 13.2 Å². The Morgan fingerprint density at radius 1 is 0.767 bits per heavy atom. The van der Waals surface area contributed by atoms with Crippen LogP contribution < -0.4 is 27.4 Å². The van der Waals surface area contributed by atoms with E-state index in [4.69, 9.17) is 26.8 Å². The van der Waals surface area contributed by atoms with Crippen LogP contribution in [0.15, 0.2) is 0 Å². The third-order valence-electron chi connectivity index (χ3n) is 3.65. The van der Waals surface area contributed by atoms with Gasteiger partial charge >= 0.3 is 11.9 Å². The molecule has 0 spiro atoms. The Hall–Kier alpha value is -3.30. The molecule has 0 aromatic rings. The Balaban J connectivity index is 5.20. The summed E-state index contributed by atoms with van der Waals surface area (Å²) < 4.78 is 0. The number of aliphatic carboxylic acids is 2. The molecule has 0 aliphatic heterocycles. The van der Waals surface area contributed by atoms with Crippen molar-refractivity contribution in [3.63, 3.8) is 0 Å². The van der Waals surface area contributed by atoms with Gasteiger partial charge in [0.05, 0.1) is 19.6 Å². The molecule has 0 aromatic carbocycles. The zero-order valence-electron chi connectivity index (χ0n) is 15.7. The molecule has 170 valence electrons. The average Bonchev–Trinajstić information content (AvgIpc) is 2.66. The number of hydrogen-bond donors (Lipinski definition) is 9. The lowest BCUT2D eigenvalue weighted by Gasteiger charge is -2.23. The van der Waals surface area contributed by atoms with Gasteiger partial charge in [-0.3, -0.25) is 24.0 Å². The van der Waals surface area contributed by atoms with E-state index in [0.29, 0.717) is 0 Å². The zero-order chi connectivity index (χ0) is 23.4. The van der Waals surface area contributed by atoms with Gasteiger partial charge in [0.25, 0.3) is 0 Å². The van der Waals surface area contributed by atoms with E-state index in [-0.39, 0.29) is 0 Å². The van der Waals surface area contributed by atoms with Crippen LogP contribution in [0, 0.1) is 0 Å². The summed E-state index contributed by atoms with van der Waals surface area (Å²) >= 11 is 0. The number of amides is 4. The van der Waals surface area contributed by atoms with E-state index in [1.165, 1.54) is 0 Å². The minimum Gasteiger partial charge on any atom is -0.481 e. The highest BCUT2D eigenvalue weighted by Crippen LogP contribution is 2.00. The normalized spacial score (nSPS) is 14.5. The molecule has 15 nitrogen and oxygen atoms in total. The lowest BCUT2D eigenvalue weighted by molar-refractivity contribution is -0.144.